The molecular formula is C33H30F3N7O2. The van der Waals surface area contributed by atoms with Gasteiger partial charge in [0.05, 0.1) is 23.1 Å². The number of amides is 2. The zero-order valence-electron chi connectivity index (χ0n) is 24.7. The van der Waals surface area contributed by atoms with Crippen molar-refractivity contribution in [1.82, 2.24) is 29.6 Å². The molecule has 0 unspecified atom stereocenters. The summed E-state index contributed by atoms with van der Waals surface area (Å²) in [5.74, 6) is -0.524. The lowest BCUT2D eigenvalue weighted by Crippen LogP contribution is -2.38. The van der Waals surface area contributed by atoms with Gasteiger partial charge in [-0.3, -0.25) is 19.3 Å². The van der Waals surface area contributed by atoms with Gasteiger partial charge in [0, 0.05) is 67.5 Å². The molecule has 0 spiro atoms. The first-order valence-electron chi connectivity index (χ1n) is 14.9. The number of nitrogens with zero attached hydrogens (tertiary/aromatic N) is 6. The van der Waals surface area contributed by atoms with Gasteiger partial charge in [-0.05, 0) is 78.3 Å². The Bertz CT molecular complexity index is 1960. The van der Waals surface area contributed by atoms with Gasteiger partial charge in [0.25, 0.3) is 11.8 Å². The summed E-state index contributed by atoms with van der Waals surface area (Å²) in [6, 6.07) is 9.21. The van der Waals surface area contributed by atoms with Crippen molar-refractivity contribution in [1.29, 1.82) is 0 Å². The van der Waals surface area contributed by atoms with Crippen molar-refractivity contribution in [3.63, 3.8) is 0 Å². The maximum atomic E-state index is 14.4. The Kier molecular flexibility index (Phi) is 6.94. The summed E-state index contributed by atoms with van der Waals surface area (Å²) in [4.78, 5) is 37.9. The van der Waals surface area contributed by atoms with Crippen molar-refractivity contribution in [3.05, 3.63) is 95.0 Å². The number of hydrogen-bond acceptors (Lipinski definition) is 5. The molecule has 0 bridgehead atoms. The normalized spacial score (nSPS) is 15.0. The Morgan fingerprint density at radius 1 is 1.07 bits per heavy atom. The highest BCUT2D eigenvalue weighted by Crippen LogP contribution is 2.41. The highest BCUT2D eigenvalue weighted by Gasteiger charge is 2.39. The SMILES string of the molecule is CCc1cc(C(=O)NC2CC2)c2nccc(N3CCc4c(cc(Cn5ccnc5)cc4-c4cn(C)nc4C(F)(F)F)C3=O)c2c1. The summed E-state index contributed by atoms with van der Waals surface area (Å²) >= 11 is 0. The van der Waals surface area contributed by atoms with Gasteiger partial charge in [-0.1, -0.05) is 6.92 Å². The van der Waals surface area contributed by atoms with E-state index < -0.39 is 11.9 Å². The Balaban J connectivity index is 1.36. The molecule has 5 aromatic rings. The molecule has 1 fully saturated rings. The summed E-state index contributed by atoms with van der Waals surface area (Å²) in [5, 5.41) is 7.45. The van der Waals surface area contributed by atoms with Crippen molar-refractivity contribution in [2.75, 3.05) is 11.4 Å². The summed E-state index contributed by atoms with van der Waals surface area (Å²) in [5.41, 5.74) is 3.30. The first-order chi connectivity index (χ1) is 21.6. The molecule has 1 N–H and O–H groups in total. The fraction of sp³-hybridized carbons (Fsp3) is 0.303. The topological polar surface area (TPSA) is 97.9 Å². The van der Waals surface area contributed by atoms with Crippen LogP contribution in [0.3, 0.4) is 0 Å². The van der Waals surface area contributed by atoms with Crippen LogP contribution in [0.1, 0.15) is 62.9 Å². The van der Waals surface area contributed by atoms with Crippen LogP contribution in [0.15, 0.2) is 61.4 Å². The predicted octanol–water partition coefficient (Wildman–Crippen LogP) is 5.56. The number of imidazole rings is 1. The predicted molar refractivity (Wildman–Crippen MR) is 162 cm³/mol. The van der Waals surface area contributed by atoms with E-state index in [0.29, 0.717) is 63.8 Å². The Hall–Kier alpha value is -5.00. The number of benzene rings is 2. The number of aromatic nitrogens is 5. The van der Waals surface area contributed by atoms with Crippen LogP contribution < -0.4 is 10.2 Å². The van der Waals surface area contributed by atoms with E-state index in [1.807, 2.05) is 19.1 Å². The number of fused-ring (bicyclic) bond motifs is 2. The molecule has 1 saturated carbocycles. The minimum atomic E-state index is -4.68. The second-order valence-corrected chi connectivity index (χ2v) is 11.6. The van der Waals surface area contributed by atoms with Gasteiger partial charge >= 0.3 is 6.18 Å². The number of aryl methyl sites for hydroxylation is 2. The van der Waals surface area contributed by atoms with Crippen LogP contribution in [-0.4, -0.2) is 48.7 Å². The fourth-order valence-corrected chi connectivity index (χ4v) is 6.11. The lowest BCUT2D eigenvalue weighted by molar-refractivity contribution is -0.141. The standard InChI is InChI=1S/C33H30F3N7O2/c1-3-19-12-25-28(6-8-38-29(25)26(13-19)31(44)39-21-4-5-21)43-10-7-22-23(27-17-41(2)40-30(27)33(34,35)36)14-20(15-24(22)32(43)45)16-42-11-9-37-18-42/h6,8-9,11-15,17-18,21H,3-5,7,10,16H2,1-2H3,(H,39,44). The number of hydrogen-bond donors (Lipinski definition) is 1. The molecule has 9 nitrogen and oxygen atoms in total. The second kappa shape index (κ2) is 10.9. The Morgan fingerprint density at radius 2 is 1.87 bits per heavy atom. The van der Waals surface area contributed by atoms with E-state index in [4.69, 9.17) is 0 Å². The van der Waals surface area contributed by atoms with Crippen LogP contribution >= 0.6 is 0 Å². The number of halogens is 3. The summed E-state index contributed by atoms with van der Waals surface area (Å²) in [7, 11) is 1.45. The van der Waals surface area contributed by atoms with E-state index in [-0.39, 0.29) is 30.0 Å². The van der Waals surface area contributed by atoms with Gasteiger partial charge in [0.1, 0.15) is 0 Å². The smallest absolute Gasteiger partial charge is 0.349 e. The average molecular weight is 614 g/mol. The van der Waals surface area contributed by atoms with Crippen molar-refractivity contribution in [2.24, 2.45) is 7.05 Å². The van der Waals surface area contributed by atoms with Crippen LogP contribution in [0.25, 0.3) is 22.0 Å². The summed E-state index contributed by atoms with van der Waals surface area (Å²) < 4.78 is 45.3. The van der Waals surface area contributed by atoms with Crippen LogP contribution in [0.5, 0.6) is 0 Å². The maximum absolute atomic E-state index is 14.4. The van der Waals surface area contributed by atoms with E-state index in [0.717, 1.165) is 23.1 Å². The molecule has 1 aliphatic heterocycles. The van der Waals surface area contributed by atoms with Crippen molar-refractivity contribution in [3.8, 4) is 11.1 Å². The van der Waals surface area contributed by atoms with Gasteiger partial charge in [-0.25, -0.2) is 4.98 Å². The number of carbonyl (C=O) groups excluding carboxylic acids is 2. The average Bonchev–Trinajstić information content (AvgIpc) is 3.49. The molecule has 0 atom stereocenters. The quantitative estimate of drug-likeness (QED) is 0.259. The Morgan fingerprint density at radius 3 is 2.58 bits per heavy atom. The van der Waals surface area contributed by atoms with E-state index in [9.17, 15) is 22.8 Å². The molecule has 1 aliphatic carbocycles. The number of anilines is 1. The second-order valence-electron chi connectivity index (χ2n) is 11.6. The molecule has 12 heteroatoms. The summed E-state index contributed by atoms with van der Waals surface area (Å²) in [6.07, 6.45) is 6.15. The van der Waals surface area contributed by atoms with Crippen LogP contribution in [0, 0.1) is 0 Å². The Labute approximate surface area is 256 Å². The zero-order valence-corrected chi connectivity index (χ0v) is 24.7. The first-order valence-corrected chi connectivity index (χ1v) is 14.9. The minimum absolute atomic E-state index is 0.0664. The lowest BCUT2D eigenvalue weighted by Gasteiger charge is -2.31. The first kappa shape index (κ1) is 28.8. The third-order valence-electron chi connectivity index (χ3n) is 8.42. The third kappa shape index (κ3) is 5.34. The summed E-state index contributed by atoms with van der Waals surface area (Å²) in [6.45, 7) is 2.55. The number of pyridine rings is 1. The fourth-order valence-electron chi connectivity index (χ4n) is 6.11. The van der Waals surface area contributed by atoms with E-state index in [1.54, 1.807) is 52.6 Å². The van der Waals surface area contributed by atoms with Gasteiger partial charge < -0.3 is 14.8 Å². The molecule has 2 aromatic carbocycles. The minimum Gasteiger partial charge on any atom is -0.349 e. The van der Waals surface area contributed by atoms with Crippen molar-refractivity contribution >= 4 is 28.4 Å². The largest absolute Gasteiger partial charge is 0.435 e. The molecule has 0 saturated heterocycles. The monoisotopic (exact) mass is 613 g/mol. The van der Waals surface area contributed by atoms with E-state index in [2.05, 4.69) is 20.4 Å². The molecule has 7 rings (SSSR count). The number of carbonyl (C=O) groups is 2. The van der Waals surface area contributed by atoms with Crippen LogP contribution in [-0.2, 0) is 32.6 Å². The highest BCUT2D eigenvalue weighted by atomic mass is 19.4. The van der Waals surface area contributed by atoms with E-state index >= 15 is 0 Å². The highest BCUT2D eigenvalue weighted by molar-refractivity contribution is 6.15. The molecule has 45 heavy (non-hydrogen) atoms. The molecule has 2 aliphatic rings. The van der Waals surface area contributed by atoms with Crippen LogP contribution in [0.2, 0.25) is 0 Å². The van der Waals surface area contributed by atoms with Gasteiger partial charge in [0.15, 0.2) is 5.69 Å². The van der Waals surface area contributed by atoms with Gasteiger partial charge in [-0.15, -0.1) is 0 Å². The number of nitrogens with one attached hydrogen (secondary N) is 1. The molecule has 2 amide bonds. The molecule has 4 heterocycles. The van der Waals surface area contributed by atoms with E-state index in [1.165, 1.54) is 13.2 Å². The van der Waals surface area contributed by atoms with Gasteiger partial charge in [-0.2, -0.15) is 18.3 Å². The number of rotatable bonds is 7. The van der Waals surface area contributed by atoms with Crippen LogP contribution in [0.4, 0.5) is 18.9 Å². The molecular weight excluding hydrogens is 583 g/mol. The zero-order chi connectivity index (χ0) is 31.5. The van der Waals surface area contributed by atoms with Crippen molar-refractivity contribution < 1.29 is 22.8 Å². The van der Waals surface area contributed by atoms with Crippen molar-refractivity contribution in [2.45, 2.75) is 51.4 Å². The lowest BCUT2D eigenvalue weighted by atomic mass is 9.87. The van der Waals surface area contributed by atoms with Gasteiger partial charge in [0.2, 0.25) is 0 Å². The number of alkyl halides is 3. The molecule has 3 aromatic heterocycles. The maximum Gasteiger partial charge on any atom is 0.435 e. The molecule has 0 radical (unpaired) electrons. The third-order valence-corrected chi connectivity index (χ3v) is 8.42. The molecule has 230 valence electrons.